The van der Waals surface area contributed by atoms with Crippen molar-refractivity contribution in [1.29, 1.82) is 0 Å². The van der Waals surface area contributed by atoms with Gasteiger partial charge >= 0.3 is 5.97 Å². The van der Waals surface area contributed by atoms with Crippen LogP contribution in [0, 0.1) is 0 Å². The summed E-state index contributed by atoms with van der Waals surface area (Å²) >= 11 is 0. The Hall–Kier alpha value is -1.75. The smallest absolute Gasteiger partial charge is 0.321 e. The number of carbonyl (C=O) groups excluding carboxylic acids is 1. The number of hydroxylamine groups is 1. The first kappa shape index (κ1) is 12.7. The third kappa shape index (κ3) is 2.26. The van der Waals surface area contributed by atoms with Gasteiger partial charge in [0.25, 0.3) is 0 Å². The fourth-order valence-electron chi connectivity index (χ4n) is 2.31. The molecule has 1 unspecified atom stereocenters. The van der Waals surface area contributed by atoms with E-state index in [1.807, 2.05) is 12.1 Å². The molecule has 1 N–H and O–H groups in total. The van der Waals surface area contributed by atoms with Gasteiger partial charge in [-0.25, -0.2) is 0 Å². The SMILES string of the molecule is COc1ccc2c(c1OC)CCC2NOC(C)=O. The molecule has 0 saturated carbocycles. The molecule has 2 rings (SSSR count). The molecule has 0 aromatic heterocycles. The van der Waals surface area contributed by atoms with Crippen LogP contribution in [0.25, 0.3) is 0 Å². The summed E-state index contributed by atoms with van der Waals surface area (Å²) in [5, 5.41) is 0. The minimum Gasteiger partial charge on any atom is -0.493 e. The summed E-state index contributed by atoms with van der Waals surface area (Å²) in [4.78, 5) is 15.7. The van der Waals surface area contributed by atoms with Gasteiger partial charge in [-0.1, -0.05) is 6.07 Å². The maximum Gasteiger partial charge on any atom is 0.321 e. The van der Waals surface area contributed by atoms with E-state index in [9.17, 15) is 4.79 Å². The Bertz CT molecular complexity index is 459. The third-order valence-corrected chi connectivity index (χ3v) is 3.09. The van der Waals surface area contributed by atoms with E-state index < -0.39 is 0 Å². The lowest BCUT2D eigenvalue weighted by molar-refractivity contribution is -0.150. The van der Waals surface area contributed by atoms with E-state index in [1.54, 1.807) is 14.2 Å². The Labute approximate surface area is 106 Å². The van der Waals surface area contributed by atoms with Crippen molar-refractivity contribution < 1.29 is 19.1 Å². The maximum absolute atomic E-state index is 10.8. The van der Waals surface area contributed by atoms with Crippen molar-refractivity contribution in [3.63, 3.8) is 0 Å². The molecule has 1 aliphatic rings. The molecule has 0 bridgehead atoms. The molecule has 0 radical (unpaired) electrons. The quantitative estimate of drug-likeness (QED) is 0.826. The van der Waals surface area contributed by atoms with Crippen LogP contribution in [0.2, 0.25) is 0 Å². The Balaban J connectivity index is 2.26. The minimum absolute atomic E-state index is 0.0173. The highest BCUT2D eigenvalue weighted by Crippen LogP contribution is 2.42. The van der Waals surface area contributed by atoms with Crippen LogP contribution in [0.4, 0.5) is 0 Å². The number of carbonyl (C=O) groups is 1. The van der Waals surface area contributed by atoms with Crippen LogP contribution in [0.1, 0.15) is 30.5 Å². The number of fused-ring (bicyclic) bond motifs is 1. The lowest BCUT2D eigenvalue weighted by atomic mass is 10.1. The molecule has 1 aliphatic carbocycles. The zero-order valence-corrected chi connectivity index (χ0v) is 10.8. The molecule has 98 valence electrons. The minimum atomic E-state index is -0.344. The average Bonchev–Trinajstić information content (AvgIpc) is 2.78. The normalized spacial score (nSPS) is 17.2. The largest absolute Gasteiger partial charge is 0.493 e. The zero-order valence-electron chi connectivity index (χ0n) is 10.8. The maximum atomic E-state index is 10.8. The average molecular weight is 251 g/mol. The summed E-state index contributed by atoms with van der Waals surface area (Å²) in [6.45, 7) is 1.37. The van der Waals surface area contributed by atoms with E-state index in [-0.39, 0.29) is 12.0 Å². The van der Waals surface area contributed by atoms with Crippen LogP contribution < -0.4 is 15.0 Å². The molecule has 0 amide bonds. The van der Waals surface area contributed by atoms with Gasteiger partial charge in [0.2, 0.25) is 0 Å². The van der Waals surface area contributed by atoms with Crippen molar-refractivity contribution in [2.45, 2.75) is 25.8 Å². The van der Waals surface area contributed by atoms with Crippen LogP contribution in [-0.2, 0) is 16.1 Å². The molecule has 5 nitrogen and oxygen atoms in total. The van der Waals surface area contributed by atoms with E-state index in [4.69, 9.17) is 14.3 Å². The van der Waals surface area contributed by atoms with Crippen molar-refractivity contribution in [2.75, 3.05) is 14.2 Å². The lowest BCUT2D eigenvalue weighted by Crippen LogP contribution is -2.22. The number of ether oxygens (including phenoxy) is 2. The molecule has 0 saturated heterocycles. The van der Waals surface area contributed by atoms with Crippen LogP contribution >= 0.6 is 0 Å². The first-order valence-electron chi connectivity index (χ1n) is 5.84. The second-order valence-electron chi connectivity index (χ2n) is 4.17. The molecule has 0 aliphatic heterocycles. The van der Waals surface area contributed by atoms with Gasteiger partial charge in [0.15, 0.2) is 11.5 Å². The van der Waals surface area contributed by atoms with Gasteiger partial charge in [-0.3, -0.25) is 4.79 Å². The van der Waals surface area contributed by atoms with Gasteiger partial charge in [-0.2, -0.15) is 0 Å². The first-order chi connectivity index (χ1) is 8.67. The number of hydrogen-bond donors (Lipinski definition) is 1. The highest BCUT2D eigenvalue weighted by Gasteiger charge is 2.27. The lowest BCUT2D eigenvalue weighted by Gasteiger charge is -2.15. The van der Waals surface area contributed by atoms with E-state index in [0.717, 1.165) is 35.5 Å². The Morgan fingerprint density at radius 3 is 2.72 bits per heavy atom. The van der Waals surface area contributed by atoms with E-state index in [1.165, 1.54) is 6.92 Å². The summed E-state index contributed by atoms with van der Waals surface area (Å²) in [6.07, 6.45) is 1.74. The number of nitrogens with one attached hydrogen (secondary N) is 1. The van der Waals surface area contributed by atoms with Crippen LogP contribution in [0.5, 0.6) is 11.5 Å². The summed E-state index contributed by atoms with van der Waals surface area (Å²) in [7, 11) is 3.25. The molecule has 0 spiro atoms. The van der Waals surface area contributed by atoms with E-state index in [0.29, 0.717) is 0 Å². The molecule has 18 heavy (non-hydrogen) atoms. The molecule has 1 aromatic rings. The van der Waals surface area contributed by atoms with Crippen molar-refractivity contribution in [2.24, 2.45) is 0 Å². The Kier molecular flexibility index (Phi) is 3.72. The van der Waals surface area contributed by atoms with E-state index >= 15 is 0 Å². The van der Waals surface area contributed by atoms with Gasteiger partial charge in [-0.15, -0.1) is 5.48 Å². The number of benzene rings is 1. The van der Waals surface area contributed by atoms with Gasteiger partial charge in [0.05, 0.1) is 20.3 Å². The van der Waals surface area contributed by atoms with Crippen LogP contribution in [-0.4, -0.2) is 20.2 Å². The predicted octanol–water partition coefficient (Wildman–Crippen LogP) is 1.76. The van der Waals surface area contributed by atoms with E-state index in [2.05, 4.69) is 5.48 Å². The molecule has 0 fully saturated rings. The topological polar surface area (TPSA) is 56.8 Å². The molecule has 5 heteroatoms. The van der Waals surface area contributed by atoms with Crippen molar-refractivity contribution in [3.8, 4) is 11.5 Å². The van der Waals surface area contributed by atoms with Gasteiger partial charge in [-0.05, 0) is 24.5 Å². The third-order valence-electron chi connectivity index (χ3n) is 3.09. The second kappa shape index (κ2) is 5.27. The predicted molar refractivity (Wildman–Crippen MR) is 65.5 cm³/mol. The van der Waals surface area contributed by atoms with Crippen molar-refractivity contribution in [1.82, 2.24) is 5.48 Å². The molecular formula is C13H17NO4. The summed E-state index contributed by atoms with van der Waals surface area (Å²) in [5.74, 6) is 1.15. The molecule has 0 heterocycles. The highest BCUT2D eigenvalue weighted by molar-refractivity contribution is 5.65. The molecule has 1 atom stereocenters. The van der Waals surface area contributed by atoms with Gasteiger partial charge < -0.3 is 14.3 Å². The Morgan fingerprint density at radius 2 is 2.11 bits per heavy atom. The fourth-order valence-corrected chi connectivity index (χ4v) is 2.31. The standard InChI is InChI=1S/C13H17NO4/c1-8(15)18-14-11-6-4-10-9(11)5-7-12(16-2)13(10)17-3/h5,7,11,14H,4,6H2,1-3H3. The highest BCUT2D eigenvalue weighted by atomic mass is 16.7. The monoisotopic (exact) mass is 251 g/mol. The number of methoxy groups -OCH3 is 2. The van der Waals surface area contributed by atoms with Crippen molar-refractivity contribution in [3.05, 3.63) is 23.3 Å². The van der Waals surface area contributed by atoms with Crippen LogP contribution in [0.15, 0.2) is 12.1 Å². The summed E-state index contributed by atoms with van der Waals surface area (Å²) in [6, 6.07) is 3.86. The summed E-state index contributed by atoms with van der Waals surface area (Å²) < 4.78 is 10.7. The fraction of sp³-hybridized carbons (Fsp3) is 0.462. The zero-order chi connectivity index (χ0) is 13.1. The first-order valence-corrected chi connectivity index (χ1v) is 5.84. The molecule has 1 aromatic carbocycles. The Morgan fingerprint density at radius 1 is 1.33 bits per heavy atom. The van der Waals surface area contributed by atoms with Gasteiger partial charge in [0, 0.05) is 12.5 Å². The van der Waals surface area contributed by atoms with Crippen LogP contribution in [0.3, 0.4) is 0 Å². The number of hydrogen-bond acceptors (Lipinski definition) is 5. The second-order valence-corrected chi connectivity index (χ2v) is 4.17. The van der Waals surface area contributed by atoms with Gasteiger partial charge in [0.1, 0.15) is 0 Å². The molecular weight excluding hydrogens is 234 g/mol. The number of rotatable bonds is 4. The summed E-state index contributed by atoms with van der Waals surface area (Å²) in [5.41, 5.74) is 4.98. The van der Waals surface area contributed by atoms with Crippen molar-refractivity contribution >= 4 is 5.97 Å².